The number of rotatable bonds is 6. The average molecular weight is 294 g/mol. The molecule has 1 rings (SSSR count). The number of halogens is 3. The van der Waals surface area contributed by atoms with Gasteiger partial charge in [0.1, 0.15) is 6.54 Å². The molecular formula is C14H25F3N2O. The van der Waals surface area contributed by atoms with Crippen molar-refractivity contribution in [2.75, 3.05) is 19.6 Å². The van der Waals surface area contributed by atoms with Gasteiger partial charge < -0.3 is 10.6 Å². The number of carbonyl (C=O) groups excluding carboxylic acids is 1. The molecule has 118 valence electrons. The molecule has 0 radical (unpaired) electrons. The Labute approximate surface area is 118 Å². The summed E-state index contributed by atoms with van der Waals surface area (Å²) in [6.07, 6.45) is -0.485. The highest BCUT2D eigenvalue weighted by Gasteiger charge is 2.45. The van der Waals surface area contributed by atoms with Gasteiger partial charge in [0.15, 0.2) is 0 Å². The lowest BCUT2D eigenvalue weighted by Crippen LogP contribution is -2.48. The Morgan fingerprint density at radius 3 is 2.25 bits per heavy atom. The fourth-order valence-electron chi connectivity index (χ4n) is 3.30. The normalized spacial score (nSPS) is 18.6. The van der Waals surface area contributed by atoms with Crippen LogP contribution in [0.4, 0.5) is 13.2 Å². The first-order valence-electron chi connectivity index (χ1n) is 7.26. The van der Waals surface area contributed by atoms with Gasteiger partial charge in [-0.25, -0.2) is 0 Å². The van der Waals surface area contributed by atoms with Gasteiger partial charge in [-0.3, -0.25) is 4.79 Å². The summed E-state index contributed by atoms with van der Waals surface area (Å²) in [4.78, 5) is 13.6. The molecule has 1 saturated carbocycles. The SMILES string of the molecule is CC(C)CC1(C(=O)N(CCN)CC(F)(F)F)CCCC1. The minimum Gasteiger partial charge on any atom is -0.332 e. The van der Waals surface area contributed by atoms with Gasteiger partial charge in [-0.1, -0.05) is 26.7 Å². The summed E-state index contributed by atoms with van der Waals surface area (Å²) in [5, 5.41) is 0. The van der Waals surface area contributed by atoms with Crippen molar-refractivity contribution >= 4 is 5.91 Å². The van der Waals surface area contributed by atoms with Gasteiger partial charge in [0.25, 0.3) is 0 Å². The van der Waals surface area contributed by atoms with E-state index in [2.05, 4.69) is 0 Å². The predicted molar refractivity (Wildman–Crippen MR) is 72.0 cm³/mol. The van der Waals surface area contributed by atoms with Crippen LogP contribution < -0.4 is 5.73 Å². The van der Waals surface area contributed by atoms with Crippen molar-refractivity contribution in [2.45, 2.75) is 52.1 Å². The van der Waals surface area contributed by atoms with E-state index in [1.54, 1.807) is 0 Å². The molecule has 0 aliphatic heterocycles. The van der Waals surface area contributed by atoms with Gasteiger partial charge in [-0.05, 0) is 25.2 Å². The highest BCUT2D eigenvalue weighted by molar-refractivity contribution is 5.83. The number of carbonyl (C=O) groups is 1. The maximum Gasteiger partial charge on any atom is 0.406 e. The molecular weight excluding hydrogens is 269 g/mol. The molecule has 0 bridgehead atoms. The largest absolute Gasteiger partial charge is 0.406 e. The predicted octanol–water partition coefficient (Wildman–Crippen LogP) is 2.94. The summed E-state index contributed by atoms with van der Waals surface area (Å²) in [5.41, 5.74) is 4.77. The molecule has 1 amide bonds. The van der Waals surface area contributed by atoms with Crippen LogP contribution in [0.5, 0.6) is 0 Å². The van der Waals surface area contributed by atoms with E-state index in [-0.39, 0.29) is 19.0 Å². The van der Waals surface area contributed by atoms with Gasteiger partial charge in [-0.15, -0.1) is 0 Å². The Morgan fingerprint density at radius 1 is 1.30 bits per heavy atom. The summed E-state index contributed by atoms with van der Waals surface area (Å²) in [6.45, 7) is 2.84. The third kappa shape index (κ3) is 4.65. The van der Waals surface area contributed by atoms with E-state index in [1.807, 2.05) is 13.8 Å². The maximum atomic E-state index is 12.6. The van der Waals surface area contributed by atoms with Crippen LogP contribution in [0.25, 0.3) is 0 Å². The zero-order chi connectivity index (χ0) is 15.4. The smallest absolute Gasteiger partial charge is 0.332 e. The molecule has 0 atom stereocenters. The summed E-state index contributed by atoms with van der Waals surface area (Å²) in [5.74, 6) is -0.0610. The van der Waals surface area contributed by atoms with Gasteiger partial charge in [0.05, 0.1) is 0 Å². The molecule has 0 aromatic carbocycles. The maximum absolute atomic E-state index is 12.6. The molecule has 1 aliphatic carbocycles. The van der Waals surface area contributed by atoms with Crippen LogP contribution in [0, 0.1) is 11.3 Å². The molecule has 0 heterocycles. The molecule has 1 aliphatic rings. The zero-order valence-electron chi connectivity index (χ0n) is 12.3. The van der Waals surface area contributed by atoms with E-state index in [9.17, 15) is 18.0 Å². The van der Waals surface area contributed by atoms with Gasteiger partial charge >= 0.3 is 6.18 Å². The topological polar surface area (TPSA) is 46.3 Å². The van der Waals surface area contributed by atoms with E-state index in [4.69, 9.17) is 5.73 Å². The van der Waals surface area contributed by atoms with Crippen LogP contribution in [-0.4, -0.2) is 36.6 Å². The van der Waals surface area contributed by atoms with Crippen molar-refractivity contribution in [2.24, 2.45) is 17.1 Å². The Hall–Kier alpha value is -0.780. The molecule has 0 aromatic rings. The number of amides is 1. The van der Waals surface area contributed by atoms with E-state index >= 15 is 0 Å². The molecule has 0 unspecified atom stereocenters. The summed E-state index contributed by atoms with van der Waals surface area (Å²) in [7, 11) is 0. The van der Waals surface area contributed by atoms with E-state index in [0.29, 0.717) is 25.2 Å². The minimum absolute atomic E-state index is 0.0296. The van der Waals surface area contributed by atoms with Crippen LogP contribution in [0.15, 0.2) is 0 Å². The number of nitrogens with two attached hydrogens (primary N) is 1. The molecule has 0 aromatic heterocycles. The lowest BCUT2D eigenvalue weighted by Gasteiger charge is -2.35. The zero-order valence-corrected chi connectivity index (χ0v) is 12.3. The van der Waals surface area contributed by atoms with Crippen molar-refractivity contribution in [1.29, 1.82) is 0 Å². The average Bonchev–Trinajstić information content (AvgIpc) is 2.74. The number of hydrogen-bond acceptors (Lipinski definition) is 2. The minimum atomic E-state index is -4.37. The molecule has 2 N–H and O–H groups in total. The van der Waals surface area contributed by atoms with Crippen LogP contribution in [0.1, 0.15) is 46.0 Å². The second-order valence-electron chi connectivity index (χ2n) is 6.22. The van der Waals surface area contributed by atoms with Gasteiger partial charge in [0, 0.05) is 18.5 Å². The van der Waals surface area contributed by atoms with E-state index in [0.717, 1.165) is 17.7 Å². The first-order chi connectivity index (χ1) is 9.20. The van der Waals surface area contributed by atoms with E-state index in [1.165, 1.54) is 0 Å². The first kappa shape index (κ1) is 17.3. The lowest BCUT2D eigenvalue weighted by molar-refractivity contribution is -0.168. The summed E-state index contributed by atoms with van der Waals surface area (Å²) < 4.78 is 37.9. The van der Waals surface area contributed by atoms with Crippen LogP contribution in [0.3, 0.4) is 0 Å². The molecule has 0 spiro atoms. The second-order valence-corrected chi connectivity index (χ2v) is 6.22. The number of nitrogens with zero attached hydrogens (tertiary/aromatic N) is 1. The summed E-state index contributed by atoms with van der Waals surface area (Å²) >= 11 is 0. The molecule has 6 heteroatoms. The highest BCUT2D eigenvalue weighted by Crippen LogP contribution is 2.44. The standard InChI is InChI=1S/C14H25F3N2O/c1-11(2)9-13(5-3-4-6-13)12(20)19(8-7-18)10-14(15,16)17/h11H,3-10,18H2,1-2H3. The quantitative estimate of drug-likeness (QED) is 0.818. The van der Waals surface area contributed by atoms with Crippen molar-refractivity contribution in [3.8, 4) is 0 Å². The van der Waals surface area contributed by atoms with Crippen molar-refractivity contribution < 1.29 is 18.0 Å². The van der Waals surface area contributed by atoms with Crippen LogP contribution in [-0.2, 0) is 4.79 Å². The number of hydrogen-bond donors (Lipinski definition) is 1. The molecule has 3 nitrogen and oxygen atoms in total. The lowest BCUT2D eigenvalue weighted by atomic mass is 9.77. The Morgan fingerprint density at radius 2 is 1.85 bits per heavy atom. The monoisotopic (exact) mass is 294 g/mol. The van der Waals surface area contributed by atoms with E-state index < -0.39 is 18.1 Å². The van der Waals surface area contributed by atoms with Gasteiger partial charge in [0.2, 0.25) is 5.91 Å². The third-order valence-corrected chi connectivity index (χ3v) is 3.87. The van der Waals surface area contributed by atoms with Crippen molar-refractivity contribution in [3.63, 3.8) is 0 Å². The molecule has 20 heavy (non-hydrogen) atoms. The van der Waals surface area contributed by atoms with Crippen LogP contribution >= 0.6 is 0 Å². The van der Waals surface area contributed by atoms with Gasteiger partial charge in [-0.2, -0.15) is 13.2 Å². The summed E-state index contributed by atoms with van der Waals surface area (Å²) in [6, 6.07) is 0. The third-order valence-electron chi connectivity index (χ3n) is 3.87. The van der Waals surface area contributed by atoms with Crippen molar-refractivity contribution in [3.05, 3.63) is 0 Å². The Kier molecular flexibility index (Phi) is 5.86. The fraction of sp³-hybridized carbons (Fsp3) is 0.929. The highest BCUT2D eigenvalue weighted by atomic mass is 19.4. The molecule has 1 fully saturated rings. The van der Waals surface area contributed by atoms with Crippen LogP contribution in [0.2, 0.25) is 0 Å². The van der Waals surface area contributed by atoms with Crippen molar-refractivity contribution in [1.82, 2.24) is 4.90 Å². The fourth-order valence-corrected chi connectivity index (χ4v) is 3.30. The molecule has 0 saturated heterocycles. The Balaban J connectivity index is 2.89. The second kappa shape index (κ2) is 6.78. The first-order valence-corrected chi connectivity index (χ1v) is 7.26. The Bertz CT molecular complexity index is 323. The number of alkyl halides is 3.